The maximum Gasteiger partial charge on any atom is 0.357 e. The molecule has 0 aliphatic rings. The number of nitrogens with one attached hydrogen (secondary N) is 1. The fourth-order valence-corrected chi connectivity index (χ4v) is 1.81. The Kier molecular flexibility index (Phi) is 5.20. The molecule has 1 heterocycles. The van der Waals surface area contributed by atoms with E-state index >= 15 is 0 Å². The maximum absolute atomic E-state index is 12.2. The lowest BCUT2D eigenvalue weighted by Gasteiger charge is -2.08. The number of carbonyl (C=O) groups is 2. The van der Waals surface area contributed by atoms with Crippen LogP contribution in [0.25, 0.3) is 0 Å². The van der Waals surface area contributed by atoms with Crippen LogP contribution in [0, 0.1) is 10.1 Å². The zero-order chi connectivity index (χ0) is 17.7. The van der Waals surface area contributed by atoms with E-state index in [0.29, 0.717) is 5.69 Å². The summed E-state index contributed by atoms with van der Waals surface area (Å²) < 4.78 is 5.03. The summed E-state index contributed by atoms with van der Waals surface area (Å²) in [6.07, 6.45) is -0.295. The Labute approximate surface area is 137 Å². The topological polar surface area (TPSA) is 111 Å². The van der Waals surface area contributed by atoms with Gasteiger partial charge < -0.3 is 10.1 Å². The maximum atomic E-state index is 12.2. The average Bonchev–Trinajstić information content (AvgIpc) is 2.54. The number of hydrogen-bond donors (Lipinski definition) is 1. The van der Waals surface area contributed by atoms with Crippen LogP contribution in [0.1, 0.15) is 34.8 Å². The van der Waals surface area contributed by atoms with Gasteiger partial charge in [-0.1, -0.05) is 6.07 Å². The second-order valence-electron chi connectivity index (χ2n) is 5.12. The van der Waals surface area contributed by atoms with Crippen molar-refractivity contribution in [1.82, 2.24) is 4.98 Å². The van der Waals surface area contributed by atoms with Gasteiger partial charge in [-0.05, 0) is 38.1 Å². The molecule has 0 aliphatic carbocycles. The van der Waals surface area contributed by atoms with Crippen molar-refractivity contribution >= 4 is 23.3 Å². The zero-order valence-corrected chi connectivity index (χ0v) is 13.1. The molecule has 0 aliphatic heterocycles. The molecule has 0 radical (unpaired) electrons. The summed E-state index contributed by atoms with van der Waals surface area (Å²) in [7, 11) is 0. The first-order chi connectivity index (χ1) is 11.4. The van der Waals surface area contributed by atoms with Crippen molar-refractivity contribution in [2.24, 2.45) is 0 Å². The lowest BCUT2D eigenvalue weighted by molar-refractivity contribution is -0.384. The molecule has 0 bridgehead atoms. The average molecular weight is 329 g/mol. The van der Waals surface area contributed by atoms with Gasteiger partial charge in [0.05, 0.1) is 11.0 Å². The van der Waals surface area contributed by atoms with Crippen molar-refractivity contribution in [3.05, 3.63) is 64.0 Å². The molecule has 124 valence electrons. The molecule has 8 nitrogen and oxygen atoms in total. The molecule has 0 spiro atoms. The Morgan fingerprint density at radius 2 is 1.75 bits per heavy atom. The number of rotatable bonds is 5. The summed E-state index contributed by atoms with van der Waals surface area (Å²) in [6, 6.07) is 9.80. The number of amides is 1. The second-order valence-corrected chi connectivity index (χ2v) is 5.12. The van der Waals surface area contributed by atoms with E-state index in [2.05, 4.69) is 10.3 Å². The van der Waals surface area contributed by atoms with Gasteiger partial charge in [-0.2, -0.15) is 0 Å². The number of anilines is 1. The first-order valence-electron chi connectivity index (χ1n) is 7.10. The molecule has 2 aromatic rings. The third kappa shape index (κ3) is 4.35. The van der Waals surface area contributed by atoms with Gasteiger partial charge in [0.2, 0.25) is 0 Å². The van der Waals surface area contributed by atoms with Crippen LogP contribution in [-0.4, -0.2) is 27.9 Å². The molecule has 1 amide bonds. The van der Waals surface area contributed by atoms with Crippen LogP contribution >= 0.6 is 0 Å². The number of carbonyl (C=O) groups excluding carboxylic acids is 2. The number of nitro benzene ring substituents is 1. The van der Waals surface area contributed by atoms with Gasteiger partial charge in [-0.15, -0.1) is 0 Å². The fourth-order valence-electron chi connectivity index (χ4n) is 1.81. The number of hydrogen-bond acceptors (Lipinski definition) is 6. The van der Waals surface area contributed by atoms with Crippen LogP contribution in [-0.2, 0) is 4.74 Å². The molecule has 8 heteroatoms. The molecule has 0 fully saturated rings. The summed E-state index contributed by atoms with van der Waals surface area (Å²) in [5.41, 5.74) is 0.360. The van der Waals surface area contributed by atoms with Gasteiger partial charge in [0.25, 0.3) is 11.6 Å². The van der Waals surface area contributed by atoms with E-state index in [0.717, 1.165) is 0 Å². The van der Waals surface area contributed by atoms with Gasteiger partial charge in [-0.3, -0.25) is 14.9 Å². The number of aromatic nitrogens is 1. The molecular weight excluding hydrogens is 314 g/mol. The van der Waals surface area contributed by atoms with Gasteiger partial charge in [-0.25, -0.2) is 9.78 Å². The number of pyridine rings is 1. The summed E-state index contributed by atoms with van der Waals surface area (Å²) in [4.78, 5) is 38.0. The van der Waals surface area contributed by atoms with Crippen molar-refractivity contribution < 1.29 is 19.2 Å². The third-order valence-electron chi connectivity index (χ3n) is 2.87. The molecular formula is C16H15N3O5. The number of nitrogens with zero attached hydrogens (tertiary/aromatic N) is 2. The first-order valence-corrected chi connectivity index (χ1v) is 7.10. The summed E-state index contributed by atoms with van der Waals surface area (Å²) >= 11 is 0. The Morgan fingerprint density at radius 1 is 1.12 bits per heavy atom. The Bertz CT molecular complexity index is 772. The van der Waals surface area contributed by atoms with Crippen LogP contribution in [0.4, 0.5) is 11.4 Å². The second kappa shape index (κ2) is 7.32. The van der Waals surface area contributed by atoms with Crippen molar-refractivity contribution in [2.75, 3.05) is 5.32 Å². The number of benzene rings is 1. The first kappa shape index (κ1) is 17.1. The van der Waals surface area contributed by atoms with Crippen LogP contribution < -0.4 is 5.32 Å². The highest BCUT2D eigenvalue weighted by molar-refractivity contribution is 6.03. The van der Waals surface area contributed by atoms with Crippen molar-refractivity contribution in [2.45, 2.75) is 20.0 Å². The minimum absolute atomic E-state index is 0.0278. The van der Waals surface area contributed by atoms with Crippen LogP contribution in [0.5, 0.6) is 0 Å². The van der Waals surface area contributed by atoms with Gasteiger partial charge in [0.1, 0.15) is 11.4 Å². The smallest absolute Gasteiger partial charge is 0.357 e. The van der Waals surface area contributed by atoms with Gasteiger partial charge >= 0.3 is 5.97 Å². The Balaban J connectivity index is 2.12. The fraction of sp³-hybridized carbons (Fsp3) is 0.188. The molecule has 1 aromatic carbocycles. The van der Waals surface area contributed by atoms with Crippen LogP contribution in [0.3, 0.4) is 0 Å². The van der Waals surface area contributed by atoms with E-state index in [4.69, 9.17) is 4.74 Å². The summed E-state index contributed by atoms with van der Waals surface area (Å²) in [5, 5.41) is 13.2. The quantitative estimate of drug-likeness (QED) is 0.513. The minimum atomic E-state index is -0.616. The van der Waals surface area contributed by atoms with E-state index in [1.165, 1.54) is 42.5 Å². The molecule has 24 heavy (non-hydrogen) atoms. The SMILES string of the molecule is CC(C)OC(=O)c1cccc(C(=O)Nc2ccc([N+](=O)[O-])cc2)n1. The number of ether oxygens (including phenoxy) is 1. The number of esters is 1. The van der Waals surface area contributed by atoms with E-state index in [9.17, 15) is 19.7 Å². The largest absolute Gasteiger partial charge is 0.458 e. The Hall–Kier alpha value is -3.29. The third-order valence-corrected chi connectivity index (χ3v) is 2.87. The van der Waals surface area contributed by atoms with E-state index in [1.807, 2.05) is 0 Å². The predicted molar refractivity (Wildman–Crippen MR) is 85.8 cm³/mol. The van der Waals surface area contributed by atoms with E-state index in [1.54, 1.807) is 13.8 Å². The molecule has 0 unspecified atom stereocenters. The monoisotopic (exact) mass is 329 g/mol. The van der Waals surface area contributed by atoms with E-state index in [-0.39, 0.29) is 23.2 Å². The highest BCUT2D eigenvalue weighted by atomic mass is 16.6. The highest BCUT2D eigenvalue weighted by Crippen LogP contribution is 2.16. The predicted octanol–water partition coefficient (Wildman–Crippen LogP) is 2.81. The van der Waals surface area contributed by atoms with Crippen LogP contribution in [0.15, 0.2) is 42.5 Å². The summed E-state index contributed by atoms with van der Waals surface area (Å²) in [6.45, 7) is 3.42. The molecule has 1 aromatic heterocycles. The molecule has 0 saturated heterocycles. The van der Waals surface area contributed by atoms with Crippen molar-refractivity contribution in [3.8, 4) is 0 Å². The highest BCUT2D eigenvalue weighted by Gasteiger charge is 2.15. The zero-order valence-electron chi connectivity index (χ0n) is 13.1. The normalized spacial score (nSPS) is 10.3. The summed E-state index contributed by atoms with van der Waals surface area (Å²) in [5.74, 6) is -1.15. The van der Waals surface area contributed by atoms with Gasteiger partial charge in [0, 0.05) is 17.8 Å². The molecule has 0 atom stereocenters. The van der Waals surface area contributed by atoms with E-state index < -0.39 is 16.8 Å². The standard InChI is InChI=1S/C16H15N3O5/c1-10(2)24-16(21)14-5-3-4-13(18-14)15(20)17-11-6-8-12(9-7-11)19(22)23/h3-10H,1-2H3,(H,17,20). The van der Waals surface area contributed by atoms with Crippen molar-refractivity contribution in [1.29, 1.82) is 0 Å². The van der Waals surface area contributed by atoms with Crippen molar-refractivity contribution in [3.63, 3.8) is 0 Å². The molecule has 0 saturated carbocycles. The van der Waals surface area contributed by atoms with Crippen LogP contribution in [0.2, 0.25) is 0 Å². The molecule has 1 N–H and O–H groups in total. The Morgan fingerprint density at radius 3 is 2.33 bits per heavy atom. The lowest BCUT2D eigenvalue weighted by Crippen LogP contribution is -2.17. The number of non-ortho nitro benzene ring substituents is 1. The van der Waals surface area contributed by atoms with Gasteiger partial charge in [0.15, 0.2) is 0 Å². The minimum Gasteiger partial charge on any atom is -0.458 e. The lowest BCUT2D eigenvalue weighted by atomic mass is 10.2. The number of nitro groups is 1. The molecule has 2 rings (SSSR count).